The fourth-order valence-corrected chi connectivity index (χ4v) is 3.51. The predicted octanol–water partition coefficient (Wildman–Crippen LogP) is 2.87. The van der Waals surface area contributed by atoms with Crippen molar-refractivity contribution >= 4 is 40.7 Å². The molecule has 2 N–H and O–H groups in total. The van der Waals surface area contributed by atoms with Gasteiger partial charge in [0.15, 0.2) is 5.69 Å². The third kappa shape index (κ3) is 4.14. The number of nitrogens with one attached hydrogen (secondary N) is 2. The number of ether oxygens (including phenoxy) is 1. The first-order valence-corrected chi connectivity index (χ1v) is 10.1. The molecule has 0 spiro atoms. The highest BCUT2D eigenvalue weighted by Crippen LogP contribution is 2.22. The molecule has 0 atom stereocenters. The third-order valence-corrected chi connectivity index (χ3v) is 5.35. The van der Waals surface area contributed by atoms with Crippen LogP contribution in [0.5, 0.6) is 5.75 Å². The van der Waals surface area contributed by atoms with E-state index in [1.165, 1.54) is 4.52 Å². The Bertz CT molecular complexity index is 1270. The molecule has 30 heavy (non-hydrogen) atoms. The molecule has 2 heterocycles. The lowest BCUT2D eigenvalue weighted by Crippen LogP contribution is -2.16. The zero-order chi connectivity index (χ0) is 21.1. The number of amides is 1. The van der Waals surface area contributed by atoms with E-state index in [2.05, 4.69) is 25.6 Å². The highest BCUT2D eigenvalue weighted by atomic mass is 35.5. The second kappa shape index (κ2) is 8.56. The van der Waals surface area contributed by atoms with Crippen molar-refractivity contribution in [2.45, 2.75) is 5.16 Å². The number of methoxy groups -OCH3 is 1. The Morgan fingerprint density at radius 3 is 2.70 bits per heavy atom. The molecule has 1 amide bonds. The van der Waals surface area contributed by atoms with Crippen molar-refractivity contribution in [2.75, 3.05) is 18.2 Å². The summed E-state index contributed by atoms with van der Waals surface area (Å²) in [5.41, 5.74) is 0.945. The number of hydrogen-bond donors (Lipinski definition) is 2. The summed E-state index contributed by atoms with van der Waals surface area (Å²) < 4.78 is 6.53. The molecule has 9 nitrogen and oxygen atoms in total. The number of carbonyl (C=O) groups excluding carboxylic acids is 1. The molecule has 0 saturated carbocycles. The number of benzene rings is 2. The van der Waals surface area contributed by atoms with Crippen LogP contribution in [0.3, 0.4) is 0 Å². The number of para-hydroxylation sites is 1. The van der Waals surface area contributed by atoms with Gasteiger partial charge in [0, 0.05) is 5.56 Å². The van der Waals surface area contributed by atoms with E-state index in [9.17, 15) is 9.59 Å². The maximum Gasteiger partial charge on any atom is 0.279 e. The minimum atomic E-state index is -0.395. The predicted molar refractivity (Wildman–Crippen MR) is 114 cm³/mol. The standard InChI is InChI=1S/C19H15ClN6O3S/c1-29-12-8-6-11(7-9-12)16-17(28)22-18-23-24-19(26(18)25-16)30-10-15(27)21-14-5-3-2-4-13(14)20/h2-9H,10H2,1H3,(H,21,27)(H,22,23,28). The molecule has 0 bridgehead atoms. The van der Waals surface area contributed by atoms with Crippen molar-refractivity contribution in [3.8, 4) is 17.0 Å². The zero-order valence-electron chi connectivity index (χ0n) is 15.6. The van der Waals surface area contributed by atoms with Crippen molar-refractivity contribution in [3.63, 3.8) is 0 Å². The Morgan fingerprint density at radius 2 is 1.97 bits per heavy atom. The smallest absolute Gasteiger partial charge is 0.279 e. The molecule has 0 saturated heterocycles. The monoisotopic (exact) mass is 442 g/mol. The molecular formula is C19H15ClN6O3S. The van der Waals surface area contributed by atoms with Crippen LogP contribution >= 0.6 is 23.4 Å². The Hall–Kier alpha value is -3.37. The van der Waals surface area contributed by atoms with Gasteiger partial charge in [-0.25, -0.2) is 0 Å². The number of aromatic amines is 1. The van der Waals surface area contributed by atoms with Gasteiger partial charge in [-0.2, -0.15) is 9.61 Å². The van der Waals surface area contributed by atoms with E-state index < -0.39 is 5.56 Å². The molecule has 2 aromatic carbocycles. The van der Waals surface area contributed by atoms with Crippen molar-refractivity contribution in [2.24, 2.45) is 0 Å². The molecule has 0 aliphatic rings. The number of halogens is 1. The Balaban J connectivity index is 1.55. The molecule has 152 valence electrons. The van der Waals surface area contributed by atoms with Crippen LogP contribution in [0.4, 0.5) is 5.69 Å². The van der Waals surface area contributed by atoms with E-state index in [0.717, 1.165) is 11.8 Å². The molecule has 4 rings (SSSR count). The van der Waals surface area contributed by atoms with E-state index in [1.54, 1.807) is 55.6 Å². The second-order valence-corrected chi connectivity index (χ2v) is 7.42. The molecule has 0 radical (unpaired) electrons. The summed E-state index contributed by atoms with van der Waals surface area (Å²) in [6.07, 6.45) is 0. The number of thioether (sulfide) groups is 1. The van der Waals surface area contributed by atoms with Crippen LogP contribution in [0.25, 0.3) is 17.0 Å². The molecule has 0 aliphatic carbocycles. The Morgan fingerprint density at radius 1 is 1.20 bits per heavy atom. The quantitative estimate of drug-likeness (QED) is 0.441. The van der Waals surface area contributed by atoms with Crippen LogP contribution in [0.2, 0.25) is 5.02 Å². The molecule has 0 fully saturated rings. The highest BCUT2D eigenvalue weighted by Gasteiger charge is 2.15. The molecule has 0 unspecified atom stereocenters. The lowest BCUT2D eigenvalue weighted by atomic mass is 10.1. The normalized spacial score (nSPS) is 10.9. The number of nitrogens with zero attached hydrogens (tertiary/aromatic N) is 4. The molecular weight excluding hydrogens is 428 g/mol. The Labute approximate surface area is 179 Å². The topological polar surface area (TPSA) is 114 Å². The van der Waals surface area contributed by atoms with Crippen molar-refractivity contribution in [1.82, 2.24) is 24.8 Å². The molecule has 11 heteroatoms. The molecule has 0 aliphatic heterocycles. The summed E-state index contributed by atoms with van der Waals surface area (Å²) >= 11 is 7.19. The minimum absolute atomic E-state index is 0.0602. The van der Waals surface area contributed by atoms with Crippen LogP contribution in [-0.2, 0) is 4.79 Å². The first kappa shape index (κ1) is 19.9. The minimum Gasteiger partial charge on any atom is -0.497 e. The van der Waals surface area contributed by atoms with Crippen molar-refractivity contribution in [1.29, 1.82) is 0 Å². The lowest BCUT2D eigenvalue weighted by molar-refractivity contribution is -0.113. The van der Waals surface area contributed by atoms with Gasteiger partial charge >= 0.3 is 0 Å². The summed E-state index contributed by atoms with van der Waals surface area (Å²) in [6.45, 7) is 0. The van der Waals surface area contributed by atoms with Gasteiger partial charge in [-0.1, -0.05) is 35.5 Å². The van der Waals surface area contributed by atoms with Gasteiger partial charge in [0.25, 0.3) is 11.3 Å². The van der Waals surface area contributed by atoms with E-state index in [0.29, 0.717) is 27.2 Å². The summed E-state index contributed by atoms with van der Waals surface area (Å²) in [5, 5.41) is 15.9. The number of hydrogen-bond acceptors (Lipinski definition) is 7. The van der Waals surface area contributed by atoms with Crippen molar-refractivity contribution in [3.05, 3.63) is 63.9 Å². The third-order valence-electron chi connectivity index (χ3n) is 4.10. The van der Waals surface area contributed by atoms with E-state index in [1.807, 2.05) is 0 Å². The van der Waals surface area contributed by atoms with Crippen LogP contribution < -0.4 is 15.6 Å². The van der Waals surface area contributed by atoms with E-state index in [-0.39, 0.29) is 23.1 Å². The highest BCUT2D eigenvalue weighted by molar-refractivity contribution is 7.99. The van der Waals surface area contributed by atoms with Gasteiger partial charge in [-0.15, -0.1) is 10.2 Å². The summed E-state index contributed by atoms with van der Waals surface area (Å²) in [6, 6.07) is 13.9. The van der Waals surface area contributed by atoms with E-state index >= 15 is 0 Å². The number of H-pyrrole nitrogens is 1. The van der Waals surface area contributed by atoms with E-state index in [4.69, 9.17) is 16.3 Å². The van der Waals surface area contributed by atoms with Gasteiger partial charge in [-0.3, -0.25) is 14.6 Å². The largest absolute Gasteiger partial charge is 0.497 e. The van der Waals surface area contributed by atoms with Crippen LogP contribution in [0.1, 0.15) is 0 Å². The second-order valence-electron chi connectivity index (χ2n) is 6.07. The zero-order valence-corrected chi connectivity index (χ0v) is 17.2. The van der Waals surface area contributed by atoms with Crippen LogP contribution in [0, 0.1) is 0 Å². The van der Waals surface area contributed by atoms with Gasteiger partial charge < -0.3 is 10.1 Å². The first-order chi connectivity index (χ1) is 14.5. The van der Waals surface area contributed by atoms with Crippen LogP contribution in [0.15, 0.2) is 58.5 Å². The number of aromatic nitrogens is 5. The fourth-order valence-electron chi connectivity index (χ4n) is 2.65. The fraction of sp³-hybridized carbons (Fsp3) is 0.105. The van der Waals surface area contributed by atoms with Gasteiger partial charge in [0.2, 0.25) is 11.1 Å². The lowest BCUT2D eigenvalue weighted by Gasteiger charge is -2.06. The summed E-state index contributed by atoms with van der Waals surface area (Å²) in [4.78, 5) is 27.3. The number of carbonyl (C=O) groups is 1. The van der Waals surface area contributed by atoms with Crippen LogP contribution in [-0.4, -0.2) is 43.6 Å². The first-order valence-electron chi connectivity index (χ1n) is 8.72. The maximum absolute atomic E-state index is 12.4. The maximum atomic E-state index is 12.4. The average Bonchev–Trinajstić information content (AvgIpc) is 3.15. The van der Waals surface area contributed by atoms with Gasteiger partial charge in [0.05, 0.1) is 23.6 Å². The molecule has 2 aromatic heterocycles. The SMILES string of the molecule is COc1ccc(-c2nn3c(SCC(=O)Nc4ccccc4Cl)nnc3[nH]c2=O)cc1. The number of anilines is 1. The summed E-state index contributed by atoms with van der Waals surface area (Å²) in [7, 11) is 1.56. The molecule has 4 aromatic rings. The Kier molecular flexibility index (Phi) is 5.68. The average molecular weight is 443 g/mol. The van der Waals surface area contributed by atoms with Gasteiger partial charge in [0.1, 0.15) is 5.75 Å². The number of fused-ring (bicyclic) bond motifs is 1. The summed E-state index contributed by atoms with van der Waals surface area (Å²) in [5.74, 6) is 0.655. The number of rotatable bonds is 6. The van der Waals surface area contributed by atoms with Gasteiger partial charge in [-0.05, 0) is 36.4 Å². The van der Waals surface area contributed by atoms with Crippen molar-refractivity contribution < 1.29 is 9.53 Å².